The normalized spacial score (nSPS) is 15.6. The molecule has 3 rings (SSSR count). The quantitative estimate of drug-likeness (QED) is 0.801. The Morgan fingerprint density at radius 2 is 1.93 bits per heavy atom. The molecule has 0 bridgehead atoms. The minimum absolute atomic E-state index is 0.113. The van der Waals surface area contributed by atoms with E-state index in [1.165, 1.54) is 29.6 Å². The van der Waals surface area contributed by atoms with Crippen molar-refractivity contribution in [1.29, 1.82) is 0 Å². The number of pyridine rings is 1. The largest absolute Gasteiger partial charge is 0.496 e. The van der Waals surface area contributed by atoms with Gasteiger partial charge in [-0.05, 0) is 42.7 Å². The molecule has 0 atom stereocenters. The molecular weight excluding hydrogens is 378 g/mol. The van der Waals surface area contributed by atoms with E-state index >= 15 is 0 Å². The number of carbonyl (C=O) groups excluding carboxylic acids is 1. The molecule has 2 aromatic rings. The van der Waals surface area contributed by atoms with Crippen LogP contribution < -0.4 is 10.1 Å². The molecule has 0 aliphatic carbocycles. The van der Waals surface area contributed by atoms with Gasteiger partial charge in [0.25, 0.3) is 5.91 Å². The van der Waals surface area contributed by atoms with Gasteiger partial charge in [-0.15, -0.1) is 0 Å². The molecule has 1 aromatic carbocycles. The third-order valence-corrected chi connectivity index (χ3v) is 6.69. The summed E-state index contributed by atoms with van der Waals surface area (Å²) in [6, 6.07) is 8.07. The summed E-state index contributed by atoms with van der Waals surface area (Å²) in [7, 11) is -2.19. The molecule has 1 N–H and O–H groups in total. The fraction of sp³-hybridized carbons (Fsp3) is 0.400. The molecule has 1 aromatic heterocycles. The number of ether oxygens (including phenoxy) is 1. The van der Waals surface area contributed by atoms with Gasteiger partial charge in [-0.2, -0.15) is 4.31 Å². The van der Waals surface area contributed by atoms with Crippen molar-refractivity contribution in [2.75, 3.05) is 20.2 Å². The van der Waals surface area contributed by atoms with Gasteiger partial charge >= 0.3 is 0 Å². The van der Waals surface area contributed by atoms with Gasteiger partial charge in [-0.3, -0.25) is 9.78 Å². The van der Waals surface area contributed by atoms with Crippen LogP contribution in [0.3, 0.4) is 0 Å². The number of sulfonamides is 1. The molecular formula is C20H25N3O4S. The van der Waals surface area contributed by atoms with Crippen molar-refractivity contribution in [2.45, 2.75) is 37.1 Å². The second-order valence-corrected chi connectivity index (χ2v) is 8.66. The Balaban J connectivity index is 1.83. The summed E-state index contributed by atoms with van der Waals surface area (Å²) in [5, 5.41) is 2.79. The molecule has 1 aliphatic heterocycles. The molecule has 2 heterocycles. The molecule has 0 saturated carbocycles. The average Bonchev–Trinajstić information content (AvgIpc) is 3.02. The first-order valence-corrected chi connectivity index (χ1v) is 10.8. The first-order valence-electron chi connectivity index (χ1n) is 9.37. The molecule has 7 nitrogen and oxygen atoms in total. The molecule has 0 radical (unpaired) electrons. The third-order valence-electron chi connectivity index (χ3n) is 4.79. The van der Waals surface area contributed by atoms with Crippen LogP contribution >= 0.6 is 0 Å². The van der Waals surface area contributed by atoms with Crippen LogP contribution in [0.15, 0.2) is 47.6 Å². The van der Waals surface area contributed by atoms with Crippen molar-refractivity contribution >= 4 is 15.9 Å². The Hall–Kier alpha value is -2.45. The summed E-state index contributed by atoms with van der Waals surface area (Å²) < 4.78 is 32.9. The van der Waals surface area contributed by atoms with E-state index in [4.69, 9.17) is 4.74 Å². The molecule has 150 valence electrons. The van der Waals surface area contributed by atoms with Crippen LogP contribution in [0.5, 0.6) is 5.75 Å². The number of rotatable bonds is 6. The molecule has 1 saturated heterocycles. The van der Waals surface area contributed by atoms with Gasteiger partial charge in [0, 0.05) is 32.0 Å². The van der Waals surface area contributed by atoms with Crippen molar-refractivity contribution in [2.24, 2.45) is 0 Å². The number of nitrogens with zero attached hydrogens (tertiary/aromatic N) is 2. The minimum atomic E-state index is -3.65. The highest BCUT2D eigenvalue weighted by Crippen LogP contribution is 2.26. The summed E-state index contributed by atoms with van der Waals surface area (Å²) in [5.41, 5.74) is 1.05. The van der Waals surface area contributed by atoms with Gasteiger partial charge in [0.1, 0.15) is 5.75 Å². The van der Waals surface area contributed by atoms with Crippen LogP contribution in [0.4, 0.5) is 0 Å². The van der Waals surface area contributed by atoms with Gasteiger partial charge in [-0.1, -0.05) is 18.9 Å². The van der Waals surface area contributed by atoms with E-state index in [0.717, 1.165) is 31.2 Å². The van der Waals surface area contributed by atoms with Crippen LogP contribution in [-0.4, -0.2) is 43.8 Å². The maximum atomic E-state index is 13.0. The van der Waals surface area contributed by atoms with Gasteiger partial charge in [0.15, 0.2) is 0 Å². The monoisotopic (exact) mass is 403 g/mol. The lowest BCUT2D eigenvalue weighted by molar-refractivity contribution is 0.0947. The topological polar surface area (TPSA) is 88.6 Å². The fourth-order valence-electron chi connectivity index (χ4n) is 3.24. The SMILES string of the molecule is COc1ccc(S(=O)(=O)N2CCCCCC2)cc1C(=O)NCc1cccnc1. The summed E-state index contributed by atoms with van der Waals surface area (Å²) >= 11 is 0. The van der Waals surface area contributed by atoms with Crippen LogP contribution in [0, 0.1) is 0 Å². The predicted molar refractivity (Wildman–Crippen MR) is 106 cm³/mol. The van der Waals surface area contributed by atoms with Gasteiger partial charge in [0.05, 0.1) is 17.6 Å². The van der Waals surface area contributed by atoms with Crippen molar-refractivity contribution in [3.8, 4) is 5.75 Å². The third kappa shape index (κ3) is 4.69. The summed E-state index contributed by atoms with van der Waals surface area (Å²) in [6.45, 7) is 1.31. The van der Waals surface area contributed by atoms with E-state index in [-0.39, 0.29) is 10.5 Å². The van der Waals surface area contributed by atoms with E-state index in [0.29, 0.717) is 25.4 Å². The summed E-state index contributed by atoms with van der Waals surface area (Å²) in [5.74, 6) is -0.0628. The van der Waals surface area contributed by atoms with Crippen LogP contribution in [-0.2, 0) is 16.6 Å². The molecule has 8 heteroatoms. The number of hydrogen-bond donors (Lipinski definition) is 1. The Labute approximate surface area is 165 Å². The number of methoxy groups -OCH3 is 1. The smallest absolute Gasteiger partial charge is 0.255 e. The number of benzene rings is 1. The van der Waals surface area contributed by atoms with Gasteiger partial charge in [0.2, 0.25) is 10.0 Å². The number of aromatic nitrogens is 1. The molecule has 1 aliphatic rings. The zero-order chi connectivity index (χ0) is 20.0. The van der Waals surface area contributed by atoms with Crippen LogP contribution in [0.2, 0.25) is 0 Å². The first kappa shape index (κ1) is 20.3. The zero-order valence-corrected chi connectivity index (χ0v) is 16.7. The molecule has 0 unspecified atom stereocenters. The number of amides is 1. The second-order valence-electron chi connectivity index (χ2n) is 6.72. The second kappa shape index (κ2) is 9.16. The van der Waals surface area contributed by atoms with Crippen molar-refractivity contribution in [3.63, 3.8) is 0 Å². The lowest BCUT2D eigenvalue weighted by Gasteiger charge is -2.20. The number of nitrogens with one attached hydrogen (secondary N) is 1. The van der Waals surface area contributed by atoms with Crippen molar-refractivity contribution in [3.05, 3.63) is 53.9 Å². The highest BCUT2D eigenvalue weighted by atomic mass is 32.2. The summed E-state index contributed by atoms with van der Waals surface area (Å²) in [4.78, 5) is 16.8. The molecule has 1 amide bonds. The number of hydrogen-bond acceptors (Lipinski definition) is 5. The minimum Gasteiger partial charge on any atom is -0.496 e. The molecule has 1 fully saturated rings. The highest BCUT2D eigenvalue weighted by molar-refractivity contribution is 7.89. The van der Waals surface area contributed by atoms with E-state index in [2.05, 4.69) is 10.3 Å². The van der Waals surface area contributed by atoms with E-state index in [1.807, 2.05) is 6.07 Å². The van der Waals surface area contributed by atoms with E-state index < -0.39 is 15.9 Å². The van der Waals surface area contributed by atoms with Crippen molar-refractivity contribution in [1.82, 2.24) is 14.6 Å². The average molecular weight is 404 g/mol. The van der Waals surface area contributed by atoms with Crippen molar-refractivity contribution < 1.29 is 17.9 Å². The Morgan fingerprint density at radius 3 is 2.57 bits per heavy atom. The van der Waals surface area contributed by atoms with Gasteiger partial charge < -0.3 is 10.1 Å². The predicted octanol–water partition coefficient (Wildman–Crippen LogP) is 2.58. The van der Waals surface area contributed by atoms with E-state index in [1.54, 1.807) is 18.5 Å². The van der Waals surface area contributed by atoms with E-state index in [9.17, 15) is 13.2 Å². The Kier molecular flexibility index (Phi) is 6.64. The fourth-order valence-corrected chi connectivity index (χ4v) is 4.78. The van der Waals surface area contributed by atoms with Crippen LogP contribution in [0.25, 0.3) is 0 Å². The standard InChI is InChI=1S/C20H25N3O4S/c1-27-19-9-8-17(28(25,26)23-11-4-2-3-5-12-23)13-18(19)20(24)22-15-16-7-6-10-21-14-16/h6-10,13-14H,2-5,11-12,15H2,1H3,(H,22,24). The lowest BCUT2D eigenvalue weighted by Crippen LogP contribution is -2.32. The molecule has 0 spiro atoms. The first-order chi connectivity index (χ1) is 13.5. The van der Waals surface area contributed by atoms with Crippen LogP contribution in [0.1, 0.15) is 41.6 Å². The highest BCUT2D eigenvalue weighted by Gasteiger charge is 2.27. The lowest BCUT2D eigenvalue weighted by atomic mass is 10.2. The maximum Gasteiger partial charge on any atom is 0.255 e. The zero-order valence-electron chi connectivity index (χ0n) is 15.9. The molecule has 28 heavy (non-hydrogen) atoms. The van der Waals surface area contributed by atoms with Gasteiger partial charge in [-0.25, -0.2) is 8.42 Å². The number of carbonyl (C=O) groups is 1. The Bertz CT molecular complexity index is 908. The summed E-state index contributed by atoms with van der Waals surface area (Å²) in [6.07, 6.45) is 7.11. The maximum absolute atomic E-state index is 13.0. The Morgan fingerprint density at radius 1 is 1.18 bits per heavy atom.